The molecule has 1 aromatic heterocycles. The summed E-state index contributed by atoms with van der Waals surface area (Å²) in [5.41, 5.74) is 15.6. The number of nitrogen functional groups attached to an aromatic ring is 1. The molecule has 4 aromatic rings. The molecular formula is C21H19BrN2. The van der Waals surface area contributed by atoms with Crippen molar-refractivity contribution in [2.75, 3.05) is 5.73 Å². The molecule has 0 aliphatic carbocycles. The third-order valence-electron chi connectivity index (χ3n) is 5.05. The van der Waals surface area contributed by atoms with Crippen LogP contribution in [0.4, 0.5) is 5.69 Å². The van der Waals surface area contributed by atoms with Crippen LogP contribution in [0.5, 0.6) is 0 Å². The molecular weight excluding hydrogens is 360 g/mol. The number of nitrogens with one attached hydrogen (secondary N) is 1. The fourth-order valence-corrected chi connectivity index (χ4v) is 4.11. The summed E-state index contributed by atoms with van der Waals surface area (Å²) in [7, 11) is 0. The molecule has 0 amide bonds. The number of rotatable bonds is 1. The van der Waals surface area contributed by atoms with Gasteiger partial charge in [-0.3, -0.25) is 0 Å². The first kappa shape index (κ1) is 15.3. The van der Waals surface area contributed by atoms with Crippen molar-refractivity contribution in [1.82, 2.24) is 4.98 Å². The third-order valence-corrected chi connectivity index (χ3v) is 5.55. The lowest BCUT2D eigenvalue weighted by Gasteiger charge is -2.16. The van der Waals surface area contributed by atoms with Gasteiger partial charge in [0.05, 0.1) is 5.52 Å². The Kier molecular flexibility index (Phi) is 3.43. The number of hydrogen-bond acceptors (Lipinski definition) is 1. The molecule has 3 heteroatoms. The normalized spacial score (nSPS) is 11.5. The lowest BCUT2D eigenvalue weighted by Crippen LogP contribution is -1.97. The van der Waals surface area contributed by atoms with E-state index in [1.165, 1.54) is 38.5 Å². The minimum atomic E-state index is 0.821. The Hall–Kier alpha value is -2.26. The molecule has 0 radical (unpaired) electrons. The number of para-hydroxylation sites is 1. The standard InChI is InChI=1S/C21H19BrN2/c1-11-12(2)20-16-10-14(22)8-9-18(16)24-21(20)13(3)19(11)15-6-4-5-7-17(15)23/h4-10,24H,23H2,1-3H3. The van der Waals surface area contributed by atoms with Gasteiger partial charge in [0.2, 0.25) is 0 Å². The van der Waals surface area contributed by atoms with E-state index >= 15 is 0 Å². The first-order valence-corrected chi connectivity index (χ1v) is 8.84. The lowest BCUT2D eigenvalue weighted by molar-refractivity contribution is 1.33. The first-order valence-electron chi connectivity index (χ1n) is 8.04. The molecule has 2 nitrogen and oxygen atoms in total. The van der Waals surface area contributed by atoms with E-state index in [0.717, 1.165) is 21.2 Å². The fourth-order valence-electron chi connectivity index (χ4n) is 3.74. The summed E-state index contributed by atoms with van der Waals surface area (Å²) in [4.78, 5) is 3.61. The molecule has 0 atom stereocenters. The van der Waals surface area contributed by atoms with E-state index in [1.54, 1.807) is 0 Å². The quantitative estimate of drug-likeness (QED) is 0.377. The second-order valence-corrected chi connectivity index (χ2v) is 7.32. The Morgan fingerprint density at radius 2 is 1.67 bits per heavy atom. The number of aromatic nitrogens is 1. The van der Waals surface area contributed by atoms with Crippen LogP contribution in [0.15, 0.2) is 46.9 Å². The molecule has 0 aliphatic heterocycles. The summed E-state index contributed by atoms with van der Waals surface area (Å²) in [6.07, 6.45) is 0. The number of anilines is 1. The largest absolute Gasteiger partial charge is 0.398 e. The van der Waals surface area contributed by atoms with Gasteiger partial charge in [-0.15, -0.1) is 0 Å². The third kappa shape index (κ3) is 2.08. The number of halogens is 1. The highest BCUT2D eigenvalue weighted by molar-refractivity contribution is 9.10. The minimum absolute atomic E-state index is 0.821. The number of nitrogens with two attached hydrogens (primary N) is 1. The van der Waals surface area contributed by atoms with Gasteiger partial charge in [0.15, 0.2) is 0 Å². The first-order chi connectivity index (χ1) is 11.5. The van der Waals surface area contributed by atoms with E-state index < -0.39 is 0 Å². The van der Waals surface area contributed by atoms with Gasteiger partial charge in [-0.1, -0.05) is 34.1 Å². The van der Waals surface area contributed by atoms with Crippen molar-refractivity contribution in [2.45, 2.75) is 20.8 Å². The van der Waals surface area contributed by atoms with E-state index in [1.807, 2.05) is 18.2 Å². The van der Waals surface area contributed by atoms with Crippen LogP contribution in [-0.4, -0.2) is 4.98 Å². The number of aromatic amines is 1. The number of benzene rings is 3. The van der Waals surface area contributed by atoms with Gasteiger partial charge in [-0.25, -0.2) is 0 Å². The van der Waals surface area contributed by atoms with Crippen molar-refractivity contribution in [1.29, 1.82) is 0 Å². The van der Waals surface area contributed by atoms with E-state index in [4.69, 9.17) is 5.73 Å². The van der Waals surface area contributed by atoms with Crippen LogP contribution in [0.1, 0.15) is 16.7 Å². The topological polar surface area (TPSA) is 41.8 Å². The van der Waals surface area contributed by atoms with Gasteiger partial charge in [0.1, 0.15) is 0 Å². The van der Waals surface area contributed by atoms with Crippen LogP contribution >= 0.6 is 15.9 Å². The van der Waals surface area contributed by atoms with E-state index in [-0.39, 0.29) is 0 Å². The maximum absolute atomic E-state index is 6.26. The predicted molar refractivity (Wildman–Crippen MR) is 108 cm³/mol. The smallest absolute Gasteiger partial charge is 0.0503 e. The van der Waals surface area contributed by atoms with Crippen molar-refractivity contribution < 1.29 is 0 Å². The summed E-state index contributed by atoms with van der Waals surface area (Å²) in [5, 5.41) is 2.57. The average Bonchev–Trinajstić information content (AvgIpc) is 2.93. The molecule has 4 rings (SSSR count). The molecule has 3 aromatic carbocycles. The van der Waals surface area contributed by atoms with Gasteiger partial charge in [0.25, 0.3) is 0 Å². The van der Waals surface area contributed by atoms with Crippen LogP contribution in [0.25, 0.3) is 32.9 Å². The van der Waals surface area contributed by atoms with Crippen LogP contribution in [-0.2, 0) is 0 Å². The average molecular weight is 379 g/mol. The molecule has 0 saturated carbocycles. The van der Waals surface area contributed by atoms with Gasteiger partial charge in [-0.2, -0.15) is 0 Å². The summed E-state index contributed by atoms with van der Waals surface area (Å²) < 4.78 is 1.10. The lowest BCUT2D eigenvalue weighted by atomic mass is 9.88. The SMILES string of the molecule is Cc1c(-c2ccccc2N)c(C)c2[nH]c3ccc(Br)cc3c2c1C. The molecule has 1 heterocycles. The second kappa shape index (κ2) is 5.38. The highest BCUT2D eigenvalue weighted by Crippen LogP contribution is 2.41. The number of fused-ring (bicyclic) bond motifs is 3. The zero-order valence-corrected chi connectivity index (χ0v) is 15.6. The zero-order valence-electron chi connectivity index (χ0n) is 14.0. The van der Waals surface area contributed by atoms with Crippen LogP contribution in [0, 0.1) is 20.8 Å². The van der Waals surface area contributed by atoms with Gasteiger partial charge in [-0.05, 0) is 67.3 Å². The monoisotopic (exact) mass is 378 g/mol. The molecule has 3 N–H and O–H groups in total. The van der Waals surface area contributed by atoms with Crippen molar-refractivity contribution in [3.05, 3.63) is 63.6 Å². The minimum Gasteiger partial charge on any atom is -0.398 e. The molecule has 0 fully saturated rings. The second-order valence-electron chi connectivity index (χ2n) is 6.40. The Labute approximate surface area is 149 Å². The van der Waals surface area contributed by atoms with E-state index in [9.17, 15) is 0 Å². The number of aryl methyl sites for hydroxylation is 2. The van der Waals surface area contributed by atoms with Gasteiger partial charge >= 0.3 is 0 Å². The molecule has 24 heavy (non-hydrogen) atoms. The molecule has 120 valence electrons. The summed E-state index contributed by atoms with van der Waals surface area (Å²) in [5.74, 6) is 0. The zero-order chi connectivity index (χ0) is 17.0. The summed E-state index contributed by atoms with van der Waals surface area (Å²) in [6.45, 7) is 6.58. The van der Waals surface area contributed by atoms with E-state index in [0.29, 0.717) is 0 Å². The summed E-state index contributed by atoms with van der Waals surface area (Å²) >= 11 is 3.59. The van der Waals surface area contributed by atoms with Crippen LogP contribution in [0.2, 0.25) is 0 Å². The Bertz CT molecular complexity index is 1110. The Balaban J connectivity index is 2.19. The van der Waals surface area contributed by atoms with Crippen LogP contribution < -0.4 is 5.73 Å². The molecule has 0 spiro atoms. The Morgan fingerprint density at radius 3 is 2.42 bits per heavy atom. The number of hydrogen-bond donors (Lipinski definition) is 2. The molecule has 0 aliphatic rings. The highest BCUT2D eigenvalue weighted by Gasteiger charge is 2.18. The molecule has 0 saturated heterocycles. The van der Waals surface area contributed by atoms with E-state index in [2.05, 4.69) is 66.0 Å². The van der Waals surface area contributed by atoms with Crippen molar-refractivity contribution in [2.24, 2.45) is 0 Å². The maximum Gasteiger partial charge on any atom is 0.0503 e. The fraction of sp³-hybridized carbons (Fsp3) is 0.143. The highest BCUT2D eigenvalue weighted by atomic mass is 79.9. The molecule has 0 bridgehead atoms. The predicted octanol–water partition coefficient (Wildman–Crippen LogP) is 6.26. The van der Waals surface area contributed by atoms with Crippen molar-refractivity contribution >= 4 is 43.4 Å². The number of H-pyrrole nitrogens is 1. The maximum atomic E-state index is 6.26. The van der Waals surface area contributed by atoms with Gasteiger partial charge in [0, 0.05) is 32.0 Å². The van der Waals surface area contributed by atoms with Crippen molar-refractivity contribution in [3.63, 3.8) is 0 Å². The van der Waals surface area contributed by atoms with Crippen molar-refractivity contribution in [3.8, 4) is 11.1 Å². The van der Waals surface area contributed by atoms with Crippen LogP contribution in [0.3, 0.4) is 0 Å². The molecule has 0 unspecified atom stereocenters. The Morgan fingerprint density at radius 1 is 0.917 bits per heavy atom. The summed E-state index contributed by atoms with van der Waals surface area (Å²) in [6, 6.07) is 14.5. The van der Waals surface area contributed by atoms with Gasteiger partial charge < -0.3 is 10.7 Å².